The van der Waals surface area contributed by atoms with Crippen molar-refractivity contribution in [2.24, 2.45) is 4.99 Å². The molecule has 27 heavy (non-hydrogen) atoms. The smallest absolute Gasteiger partial charge is 0.191 e. The molecule has 1 saturated heterocycles. The number of hydrogen-bond acceptors (Lipinski definition) is 3. The zero-order valence-electron chi connectivity index (χ0n) is 16.7. The van der Waals surface area contributed by atoms with Gasteiger partial charge in [0.05, 0.1) is 12.2 Å². The predicted octanol–water partition coefficient (Wildman–Crippen LogP) is 2.80. The summed E-state index contributed by atoms with van der Waals surface area (Å²) >= 11 is 0. The number of guanidine groups is 1. The molecule has 0 spiro atoms. The van der Waals surface area contributed by atoms with E-state index in [1.807, 2.05) is 16.9 Å². The van der Waals surface area contributed by atoms with Crippen molar-refractivity contribution in [3.63, 3.8) is 0 Å². The minimum atomic E-state index is 0.500. The number of aromatic nitrogens is 2. The zero-order chi connectivity index (χ0) is 19.1. The van der Waals surface area contributed by atoms with Crippen molar-refractivity contribution in [2.75, 3.05) is 19.6 Å². The molecule has 1 aromatic heterocycles. The molecule has 2 heterocycles. The fraction of sp³-hybridized carbons (Fsp3) is 0.524. The van der Waals surface area contributed by atoms with E-state index in [2.05, 4.69) is 65.7 Å². The standard InChI is InChI=1S/C21H32N6/c1-4-22-21(25-19-10-14-26(15-11-19)17(2)3)23-16-18-6-8-20(9-7-18)27-13-5-12-24-27/h5-9,12-13,17,19H,4,10-11,14-16H2,1-3H3,(H2,22,23,25). The lowest BCUT2D eigenvalue weighted by molar-refractivity contribution is 0.167. The van der Waals surface area contributed by atoms with E-state index in [9.17, 15) is 0 Å². The maximum Gasteiger partial charge on any atom is 0.191 e. The molecule has 2 aromatic rings. The molecule has 0 unspecified atom stereocenters. The van der Waals surface area contributed by atoms with Gasteiger partial charge >= 0.3 is 0 Å². The number of likely N-dealkylation sites (tertiary alicyclic amines) is 1. The predicted molar refractivity (Wildman–Crippen MR) is 111 cm³/mol. The van der Waals surface area contributed by atoms with E-state index >= 15 is 0 Å². The number of nitrogens with zero attached hydrogens (tertiary/aromatic N) is 4. The molecular weight excluding hydrogens is 336 g/mol. The Morgan fingerprint density at radius 1 is 1.22 bits per heavy atom. The average Bonchev–Trinajstić information content (AvgIpc) is 3.22. The Morgan fingerprint density at radius 2 is 1.96 bits per heavy atom. The molecule has 146 valence electrons. The van der Waals surface area contributed by atoms with Crippen LogP contribution >= 0.6 is 0 Å². The topological polar surface area (TPSA) is 57.5 Å². The van der Waals surface area contributed by atoms with Crippen LogP contribution in [-0.2, 0) is 6.54 Å². The highest BCUT2D eigenvalue weighted by Gasteiger charge is 2.21. The van der Waals surface area contributed by atoms with Crippen LogP contribution in [0.25, 0.3) is 5.69 Å². The zero-order valence-corrected chi connectivity index (χ0v) is 16.7. The number of benzene rings is 1. The first-order chi connectivity index (χ1) is 13.2. The van der Waals surface area contributed by atoms with Crippen LogP contribution in [0.3, 0.4) is 0 Å². The van der Waals surface area contributed by atoms with Crippen molar-refractivity contribution in [1.29, 1.82) is 0 Å². The molecule has 3 rings (SSSR count). The van der Waals surface area contributed by atoms with E-state index in [0.29, 0.717) is 18.6 Å². The Morgan fingerprint density at radius 3 is 2.56 bits per heavy atom. The van der Waals surface area contributed by atoms with Crippen LogP contribution in [0.5, 0.6) is 0 Å². The van der Waals surface area contributed by atoms with Crippen LogP contribution in [-0.4, -0.2) is 52.4 Å². The summed E-state index contributed by atoms with van der Waals surface area (Å²) in [7, 11) is 0. The normalized spacial score (nSPS) is 16.7. The molecule has 0 atom stereocenters. The van der Waals surface area contributed by atoms with E-state index in [4.69, 9.17) is 4.99 Å². The van der Waals surface area contributed by atoms with Gasteiger partial charge in [-0.1, -0.05) is 12.1 Å². The highest BCUT2D eigenvalue weighted by molar-refractivity contribution is 5.80. The van der Waals surface area contributed by atoms with Gasteiger partial charge in [-0.2, -0.15) is 5.10 Å². The Labute approximate surface area is 162 Å². The highest BCUT2D eigenvalue weighted by Crippen LogP contribution is 2.13. The van der Waals surface area contributed by atoms with E-state index in [1.165, 1.54) is 18.4 Å². The summed E-state index contributed by atoms with van der Waals surface area (Å²) in [5, 5.41) is 11.3. The van der Waals surface area contributed by atoms with E-state index < -0.39 is 0 Å². The minimum absolute atomic E-state index is 0.500. The summed E-state index contributed by atoms with van der Waals surface area (Å²) in [5.74, 6) is 0.914. The van der Waals surface area contributed by atoms with Crippen molar-refractivity contribution in [1.82, 2.24) is 25.3 Å². The summed E-state index contributed by atoms with van der Waals surface area (Å²) in [6.45, 7) is 10.5. The Balaban J connectivity index is 1.56. The maximum atomic E-state index is 4.78. The number of nitrogens with one attached hydrogen (secondary N) is 2. The molecule has 1 aliphatic heterocycles. The van der Waals surface area contributed by atoms with Crippen LogP contribution in [0.15, 0.2) is 47.7 Å². The van der Waals surface area contributed by atoms with Gasteiger partial charge in [0.2, 0.25) is 0 Å². The number of aliphatic imine (C=N–C) groups is 1. The largest absolute Gasteiger partial charge is 0.357 e. The molecule has 0 amide bonds. The fourth-order valence-electron chi connectivity index (χ4n) is 3.42. The lowest BCUT2D eigenvalue weighted by Crippen LogP contribution is -2.49. The summed E-state index contributed by atoms with van der Waals surface area (Å²) < 4.78 is 1.86. The second kappa shape index (κ2) is 9.55. The first-order valence-electron chi connectivity index (χ1n) is 10.0. The summed E-state index contributed by atoms with van der Waals surface area (Å²) in [6.07, 6.45) is 6.07. The Kier molecular flexibility index (Phi) is 6.87. The van der Waals surface area contributed by atoms with Crippen molar-refractivity contribution in [3.8, 4) is 5.69 Å². The van der Waals surface area contributed by atoms with Crippen molar-refractivity contribution < 1.29 is 0 Å². The lowest BCUT2D eigenvalue weighted by Gasteiger charge is -2.35. The lowest BCUT2D eigenvalue weighted by atomic mass is 10.0. The van der Waals surface area contributed by atoms with Gasteiger partial charge in [-0.15, -0.1) is 0 Å². The molecule has 2 N–H and O–H groups in total. The summed E-state index contributed by atoms with van der Waals surface area (Å²) in [5.41, 5.74) is 2.26. The van der Waals surface area contributed by atoms with Crippen LogP contribution in [0.2, 0.25) is 0 Å². The van der Waals surface area contributed by atoms with Crippen LogP contribution < -0.4 is 10.6 Å². The molecule has 0 bridgehead atoms. The molecule has 0 radical (unpaired) electrons. The molecular formula is C21H32N6. The summed E-state index contributed by atoms with van der Waals surface area (Å²) in [6, 6.07) is 11.5. The third kappa shape index (κ3) is 5.57. The van der Waals surface area contributed by atoms with Gasteiger partial charge in [0.15, 0.2) is 5.96 Å². The molecule has 1 aromatic carbocycles. The first kappa shape index (κ1) is 19.4. The molecule has 6 heteroatoms. The van der Waals surface area contributed by atoms with Crippen LogP contribution in [0.1, 0.15) is 39.2 Å². The molecule has 0 saturated carbocycles. The second-order valence-corrected chi connectivity index (χ2v) is 7.36. The Bertz CT molecular complexity index is 697. The van der Waals surface area contributed by atoms with Crippen LogP contribution in [0.4, 0.5) is 0 Å². The quantitative estimate of drug-likeness (QED) is 0.608. The number of piperidine rings is 1. The van der Waals surface area contributed by atoms with Gasteiger partial charge in [0.1, 0.15) is 0 Å². The maximum absolute atomic E-state index is 4.78. The van der Waals surface area contributed by atoms with Gasteiger partial charge in [-0.3, -0.25) is 0 Å². The molecule has 1 fully saturated rings. The number of hydrogen-bond donors (Lipinski definition) is 2. The van der Waals surface area contributed by atoms with Gasteiger partial charge in [0, 0.05) is 44.1 Å². The SMILES string of the molecule is CCNC(=NCc1ccc(-n2cccn2)cc1)NC1CCN(C(C)C)CC1. The van der Waals surface area contributed by atoms with E-state index in [-0.39, 0.29) is 0 Å². The minimum Gasteiger partial charge on any atom is -0.357 e. The highest BCUT2D eigenvalue weighted by atomic mass is 15.3. The van der Waals surface area contributed by atoms with Gasteiger partial charge < -0.3 is 15.5 Å². The fourth-order valence-corrected chi connectivity index (χ4v) is 3.42. The van der Waals surface area contributed by atoms with Crippen molar-refractivity contribution >= 4 is 5.96 Å². The van der Waals surface area contributed by atoms with Gasteiger partial charge in [0.25, 0.3) is 0 Å². The van der Waals surface area contributed by atoms with E-state index in [0.717, 1.165) is 31.3 Å². The Hall–Kier alpha value is -2.34. The molecule has 0 aliphatic carbocycles. The third-order valence-electron chi connectivity index (χ3n) is 5.07. The average molecular weight is 369 g/mol. The second-order valence-electron chi connectivity index (χ2n) is 7.36. The first-order valence-corrected chi connectivity index (χ1v) is 10.0. The van der Waals surface area contributed by atoms with Crippen LogP contribution in [0, 0.1) is 0 Å². The van der Waals surface area contributed by atoms with Crippen molar-refractivity contribution in [3.05, 3.63) is 48.3 Å². The van der Waals surface area contributed by atoms with E-state index in [1.54, 1.807) is 6.20 Å². The van der Waals surface area contributed by atoms with Gasteiger partial charge in [-0.05, 0) is 57.4 Å². The van der Waals surface area contributed by atoms with Gasteiger partial charge in [-0.25, -0.2) is 9.67 Å². The third-order valence-corrected chi connectivity index (χ3v) is 5.07. The number of rotatable bonds is 6. The van der Waals surface area contributed by atoms with Crippen molar-refractivity contribution in [2.45, 2.75) is 52.2 Å². The summed E-state index contributed by atoms with van der Waals surface area (Å²) in [4.78, 5) is 7.33. The molecule has 6 nitrogen and oxygen atoms in total. The monoisotopic (exact) mass is 368 g/mol. The molecule has 1 aliphatic rings.